The predicted octanol–water partition coefficient (Wildman–Crippen LogP) is 3.96. The number of hydrogen-bond acceptors (Lipinski definition) is 3. The number of ether oxygens (including phenoxy) is 1. The summed E-state index contributed by atoms with van der Waals surface area (Å²) in [5.74, 6) is 0. The fourth-order valence-corrected chi connectivity index (χ4v) is 2.94. The molecule has 0 aliphatic rings. The highest BCUT2D eigenvalue weighted by atomic mass is 79.9. The van der Waals surface area contributed by atoms with Crippen LogP contribution in [0.1, 0.15) is 31.9 Å². The smallest absolute Gasteiger partial charge is 0.0590 e. The lowest BCUT2D eigenvalue weighted by Crippen LogP contribution is -2.41. The number of nitrogens with two attached hydrogens (primary N) is 1. The van der Waals surface area contributed by atoms with Gasteiger partial charge in [0.25, 0.3) is 0 Å². The molecule has 20 heavy (non-hydrogen) atoms. The molecule has 2 N–H and O–H groups in total. The van der Waals surface area contributed by atoms with Gasteiger partial charge in [-0.05, 0) is 62.9 Å². The SMILES string of the molecule is CCC(C)N(CCOC)C(CN)c1ccc(Br)c(Br)c1. The monoisotopic (exact) mass is 406 g/mol. The van der Waals surface area contributed by atoms with E-state index in [9.17, 15) is 0 Å². The van der Waals surface area contributed by atoms with E-state index in [2.05, 4.69) is 68.8 Å². The van der Waals surface area contributed by atoms with Crippen molar-refractivity contribution in [3.8, 4) is 0 Å². The van der Waals surface area contributed by atoms with Crippen molar-refractivity contribution in [3.05, 3.63) is 32.7 Å². The Morgan fingerprint density at radius 1 is 1.30 bits per heavy atom. The third-order valence-electron chi connectivity index (χ3n) is 3.66. The van der Waals surface area contributed by atoms with Crippen LogP contribution in [0.5, 0.6) is 0 Å². The van der Waals surface area contributed by atoms with E-state index in [1.807, 2.05) is 0 Å². The van der Waals surface area contributed by atoms with Gasteiger partial charge >= 0.3 is 0 Å². The Morgan fingerprint density at radius 3 is 2.50 bits per heavy atom. The molecule has 0 aromatic heterocycles. The van der Waals surface area contributed by atoms with Gasteiger partial charge < -0.3 is 10.5 Å². The Balaban J connectivity index is 3.01. The van der Waals surface area contributed by atoms with E-state index in [4.69, 9.17) is 10.5 Å². The summed E-state index contributed by atoms with van der Waals surface area (Å²) in [6.45, 7) is 6.66. The minimum Gasteiger partial charge on any atom is -0.383 e. The van der Waals surface area contributed by atoms with Gasteiger partial charge in [0.05, 0.1) is 6.61 Å². The zero-order chi connectivity index (χ0) is 15.1. The van der Waals surface area contributed by atoms with Crippen LogP contribution >= 0.6 is 31.9 Å². The molecule has 1 rings (SSSR count). The molecule has 0 saturated carbocycles. The van der Waals surface area contributed by atoms with Crippen LogP contribution < -0.4 is 5.73 Å². The minimum absolute atomic E-state index is 0.212. The van der Waals surface area contributed by atoms with Crippen molar-refractivity contribution in [1.82, 2.24) is 4.90 Å². The molecule has 2 unspecified atom stereocenters. The van der Waals surface area contributed by atoms with Gasteiger partial charge in [0, 0.05) is 41.2 Å². The van der Waals surface area contributed by atoms with Crippen LogP contribution in [-0.4, -0.2) is 37.7 Å². The molecule has 2 atom stereocenters. The molecule has 0 saturated heterocycles. The van der Waals surface area contributed by atoms with Crippen molar-refractivity contribution in [2.24, 2.45) is 5.73 Å². The molecule has 0 aliphatic carbocycles. The van der Waals surface area contributed by atoms with E-state index in [-0.39, 0.29) is 6.04 Å². The first-order chi connectivity index (χ1) is 9.54. The number of methoxy groups -OCH3 is 1. The first-order valence-corrected chi connectivity index (χ1v) is 8.53. The molecule has 0 bridgehead atoms. The summed E-state index contributed by atoms with van der Waals surface area (Å²) < 4.78 is 7.36. The molecule has 0 radical (unpaired) electrons. The maximum Gasteiger partial charge on any atom is 0.0590 e. The lowest BCUT2D eigenvalue weighted by molar-refractivity contribution is 0.0902. The number of rotatable bonds is 8. The average Bonchev–Trinajstić information content (AvgIpc) is 2.46. The highest BCUT2D eigenvalue weighted by Crippen LogP contribution is 2.29. The molecule has 0 aliphatic heterocycles. The molecule has 114 valence electrons. The van der Waals surface area contributed by atoms with Crippen LogP contribution in [0.15, 0.2) is 27.1 Å². The van der Waals surface area contributed by atoms with Crippen molar-refractivity contribution >= 4 is 31.9 Å². The Labute approximate surface area is 139 Å². The van der Waals surface area contributed by atoms with E-state index in [1.54, 1.807) is 7.11 Å². The molecular weight excluding hydrogens is 384 g/mol. The summed E-state index contributed by atoms with van der Waals surface area (Å²) in [7, 11) is 1.74. The van der Waals surface area contributed by atoms with Gasteiger partial charge in [-0.15, -0.1) is 0 Å². The quantitative estimate of drug-likeness (QED) is 0.708. The summed E-state index contributed by atoms with van der Waals surface area (Å²) >= 11 is 7.08. The molecule has 0 fully saturated rings. The van der Waals surface area contributed by atoms with Crippen molar-refractivity contribution in [2.75, 3.05) is 26.8 Å². The van der Waals surface area contributed by atoms with Gasteiger partial charge in [0.2, 0.25) is 0 Å². The number of hydrogen-bond donors (Lipinski definition) is 1. The van der Waals surface area contributed by atoms with E-state index < -0.39 is 0 Å². The topological polar surface area (TPSA) is 38.5 Å². The van der Waals surface area contributed by atoms with Crippen LogP contribution in [-0.2, 0) is 4.74 Å². The summed E-state index contributed by atoms with van der Waals surface area (Å²) in [6.07, 6.45) is 1.10. The highest BCUT2D eigenvalue weighted by Gasteiger charge is 2.23. The van der Waals surface area contributed by atoms with Gasteiger partial charge in [0.15, 0.2) is 0 Å². The zero-order valence-electron chi connectivity index (χ0n) is 12.4. The van der Waals surface area contributed by atoms with Crippen molar-refractivity contribution in [1.29, 1.82) is 0 Å². The standard InChI is InChI=1S/C15H24Br2N2O/c1-4-11(2)19(7-8-20-3)15(10-18)12-5-6-13(16)14(17)9-12/h5-6,9,11,15H,4,7-8,10,18H2,1-3H3. The molecule has 0 spiro atoms. The minimum atomic E-state index is 0.212. The van der Waals surface area contributed by atoms with Crippen LogP contribution in [0, 0.1) is 0 Å². The van der Waals surface area contributed by atoms with E-state index in [1.165, 1.54) is 5.56 Å². The third kappa shape index (κ3) is 4.81. The van der Waals surface area contributed by atoms with Crippen LogP contribution in [0.3, 0.4) is 0 Å². The molecule has 0 heterocycles. The summed E-state index contributed by atoms with van der Waals surface area (Å²) in [5.41, 5.74) is 7.28. The maximum absolute atomic E-state index is 6.05. The Hall–Kier alpha value is 0.0600. The summed E-state index contributed by atoms with van der Waals surface area (Å²) in [4.78, 5) is 2.43. The van der Waals surface area contributed by atoms with Gasteiger partial charge in [0.1, 0.15) is 0 Å². The molecule has 5 heteroatoms. The van der Waals surface area contributed by atoms with Gasteiger partial charge in [-0.2, -0.15) is 0 Å². The first-order valence-electron chi connectivity index (χ1n) is 6.94. The van der Waals surface area contributed by atoms with E-state index >= 15 is 0 Å². The Bertz CT molecular complexity index is 415. The maximum atomic E-state index is 6.05. The van der Waals surface area contributed by atoms with Crippen LogP contribution in [0.25, 0.3) is 0 Å². The van der Waals surface area contributed by atoms with Gasteiger partial charge in [-0.25, -0.2) is 0 Å². The second kappa shape index (κ2) is 9.15. The second-order valence-corrected chi connectivity index (χ2v) is 6.62. The molecule has 3 nitrogen and oxygen atoms in total. The lowest BCUT2D eigenvalue weighted by Gasteiger charge is -2.36. The summed E-state index contributed by atoms with van der Waals surface area (Å²) in [5, 5.41) is 0. The van der Waals surface area contributed by atoms with E-state index in [0.29, 0.717) is 12.6 Å². The summed E-state index contributed by atoms with van der Waals surface area (Å²) in [6, 6.07) is 7.02. The largest absolute Gasteiger partial charge is 0.383 e. The number of nitrogens with zero attached hydrogens (tertiary/aromatic N) is 1. The first kappa shape index (κ1) is 18.1. The lowest BCUT2D eigenvalue weighted by atomic mass is 10.0. The molecule has 0 amide bonds. The van der Waals surface area contributed by atoms with Crippen molar-refractivity contribution < 1.29 is 4.74 Å². The molecular formula is C15H24Br2N2O. The molecule has 1 aromatic carbocycles. The number of benzene rings is 1. The Morgan fingerprint density at radius 2 is 2.00 bits per heavy atom. The fraction of sp³-hybridized carbons (Fsp3) is 0.600. The zero-order valence-corrected chi connectivity index (χ0v) is 15.6. The third-order valence-corrected chi connectivity index (χ3v) is 5.54. The highest BCUT2D eigenvalue weighted by molar-refractivity contribution is 9.13. The van der Waals surface area contributed by atoms with E-state index in [0.717, 1.165) is 28.5 Å². The molecule has 1 aromatic rings. The van der Waals surface area contributed by atoms with Crippen molar-refractivity contribution in [2.45, 2.75) is 32.4 Å². The normalized spacial score (nSPS) is 14.6. The predicted molar refractivity (Wildman–Crippen MR) is 92.0 cm³/mol. The second-order valence-electron chi connectivity index (χ2n) is 4.91. The Kier molecular flexibility index (Phi) is 8.29. The average molecular weight is 408 g/mol. The van der Waals surface area contributed by atoms with Crippen LogP contribution in [0.2, 0.25) is 0 Å². The fourth-order valence-electron chi connectivity index (χ4n) is 2.30. The van der Waals surface area contributed by atoms with Gasteiger partial charge in [-0.3, -0.25) is 4.90 Å². The van der Waals surface area contributed by atoms with Crippen molar-refractivity contribution in [3.63, 3.8) is 0 Å². The van der Waals surface area contributed by atoms with Gasteiger partial charge in [-0.1, -0.05) is 13.0 Å². The van der Waals surface area contributed by atoms with Crippen LogP contribution in [0.4, 0.5) is 0 Å². The number of halogens is 2.